The van der Waals surface area contributed by atoms with Crippen molar-refractivity contribution in [2.75, 3.05) is 18.5 Å². The van der Waals surface area contributed by atoms with Crippen molar-refractivity contribution in [3.8, 4) is 0 Å². The fourth-order valence-electron chi connectivity index (χ4n) is 3.07. The monoisotopic (exact) mass is 261 g/mol. The van der Waals surface area contributed by atoms with E-state index in [2.05, 4.69) is 44.1 Å². The van der Waals surface area contributed by atoms with E-state index in [1.165, 1.54) is 42.6 Å². The maximum absolute atomic E-state index is 4.82. The second-order valence-electron chi connectivity index (χ2n) is 5.71. The number of anilines is 1. The Morgan fingerprint density at radius 2 is 2.00 bits per heavy atom. The lowest BCUT2D eigenvalue weighted by Gasteiger charge is -2.28. The summed E-state index contributed by atoms with van der Waals surface area (Å²) in [6.45, 7) is 8.36. The van der Waals surface area contributed by atoms with Crippen LogP contribution in [0.1, 0.15) is 49.4 Å². The number of pyridine rings is 1. The van der Waals surface area contributed by atoms with Gasteiger partial charge in [-0.2, -0.15) is 0 Å². The summed E-state index contributed by atoms with van der Waals surface area (Å²) < 4.78 is 0. The summed E-state index contributed by atoms with van der Waals surface area (Å²) in [5.41, 5.74) is 3.84. The van der Waals surface area contributed by atoms with Gasteiger partial charge in [-0.15, -0.1) is 0 Å². The van der Waals surface area contributed by atoms with Gasteiger partial charge < -0.3 is 10.2 Å². The van der Waals surface area contributed by atoms with Crippen molar-refractivity contribution >= 4 is 5.82 Å². The van der Waals surface area contributed by atoms with Crippen LogP contribution in [0, 0.1) is 13.8 Å². The van der Waals surface area contributed by atoms with E-state index in [0.29, 0.717) is 6.04 Å². The first-order chi connectivity index (χ1) is 9.13. The van der Waals surface area contributed by atoms with Gasteiger partial charge in [0.1, 0.15) is 5.82 Å². The molecule has 0 radical (unpaired) electrons. The van der Waals surface area contributed by atoms with E-state index in [1.807, 2.05) is 0 Å². The highest BCUT2D eigenvalue weighted by molar-refractivity contribution is 5.52. The minimum Gasteiger partial charge on any atom is -0.356 e. The van der Waals surface area contributed by atoms with E-state index in [1.54, 1.807) is 0 Å². The van der Waals surface area contributed by atoms with Gasteiger partial charge in [-0.1, -0.05) is 19.8 Å². The van der Waals surface area contributed by atoms with Gasteiger partial charge >= 0.3 is 0 Å². The quantitative estimate of drug-likeness (QED) is 0.882. The molecule has 3 nitrogen and oxygen atoms in total. The maximum atomic E-state index is 4.82. The van der Waals surface area contributed by atoms with Crippen LogP contribution in [-0.2, 0) is 6.54 Å². The largest absolute Gasteiger partial charge is 0.356 e. The maximum Gasteiger partial charge on any atom is 0.133 e. The molecule has 1 fully saturated rings. The molecule has 1 aliphatic carbocycles. The molecule has 0 spiro atoms. The van der Waals surface area contributed by atoms with E-state index in [4.69, 9.17) is 4.98 Å². The lowest BCUT2D eigenvalue weighted by molar-refractivity contribution is 0.635. The zero-order chi connectivity index (χ0) is 13.8. The van der Waals surface area contributed by atoms with Crippen LogP contribution in [0.25, 0.3) is 0 Å². The van der Waals surface area contributed by atoms with Crippen molar-refractivity contribution in [2.45, 2.75) is 59.0 Å². The second kappa shape index (κ2) is 6.38. The molecule has 0 amide bonds. The fraction of sp³-hybridized carbons (Fsp3) is 0.688. The Labute approximate surface area is 117 Å². The molecule has 1 heterocycles. The summed E-state index contributed by atoms with van der Waals surface area (Å²) in [5, 5.41) is 3.44. The van der Waals surface area contributed by atoms with E-state index < -0.39 is 0 Å². The Morgan fingerprint density at radius 1 is 1.32 bits per heavy atom. The van der Waals surface area contributed by atoms with Gasteiger partial charge in [-0.3, -0.25) is 0 Å². The third-order valence-electron chi connectivity index (χ3n) is 4.21. The first-order valence-corrected chi connectivity index (χ1v) is 7.54. The van der Waals surface area contributed by atoms with E-state index in [0.717, 1.165) is 18.8 Å². The molecule has 2 rings (SSSR count). The molecule has 19 heavy (non-hydrogen) atoms. The average Bonchev–Trinajstić information content (AvgIpc) is 2.90. The molecule has 1 aromatic rings. The summed E-state index contributed by atoms with van der Waals surface area (Å²) in [4.78, 5) is 7.23. The van der Waals surface area contributed by atoms with Crippen molar-refractivity contribution < 1.29 is 0 Å². The molecule has 0 unspecified atom stereocenters. The summed E-state index contributed by atoms with van der Waals surface area (Å²) in [5.74, 6) is 1.19. The van der Waals surface area contributed by atoms with Crippen LogP contribution in [0.2, 0.25) is 0 Å². The standard InChI is InChI=1S/C16H27N3/c1-5-17-11-15-12(2)10-13(3)18-16(15)19(4)14-8-6-7-9-14/h10,14,17H,5-9,11H2,1-4H3. The molecule has 1 aromatic heterocycles. The summed E-state index contributed by atoms with van der Waals surface area (Å²) in [6, 6.07) is 2.87. The number of nitrogens with zero attached hydrogens (tertiary/aromatic N) is 2. The van der Waals surface area contributed by atoms with Crippen LogP contribution in [0.15, 0.2) is 6.07 Å². The Hall–Kier alpha value is -1.09. The molecule has 1 aliphatic rings. The van der Waals surface area contributed by atoms with Gasteiger partial charge in [-0.25, -0.2) is 4.98 Å². The van der Waals surface area contributed by atoms with Crippen molar-refractivity contribution in [1.82, 2.24) is 10.3 Å². The normalized spacial score (nSPS) is 16.0. The fourth-order valence-corrected chi connectivity index (χ4v) is 3.07. The molecule has 0 aromatic carbocycles. The molecule has 0 aliphatic heterocycles. The van der Waals surface area contributed by atoms with Crippen LogP contribution >= 0.6 is 0 Å². The average molecular weight is 261 g/mol. The van der Waals surface area contributed by atoms with E-state index in [9.17, 15) is 0 Å². The summed E-state index contributed by atoms with van der Waals surface area (Å²) in [7, 11) is 2.21. The Bertz CT molecular complexity index is 422. The molecule has 3 heteroatoms. The number of hydrogen-bond donors (Lipinski definition) is 1. The van der Waals surface area contributed by atoms with Crippen molar-refractivity contribution in [3.63, 3.8) is 0 Å². The molecule has 1 N–H and O–H groups in total. The van der Waals surface area contributed by atoms with Gasteiger partial charge in [0, 0.05) is 30.9 Å². The van der Waals surface area contributed by atoms with Gasteiger partial charge in [-0.05, 0) is 44.9 Å². The van der Waals surface area contributed by atoms with Crippen LogP contribution in [0.3, 0.4) is 0 Å². The number of nitrogens with one attached hydrogen (secondary N) is 1. The predicted octanol–water partition coefficient (Wildman–Crippen LogP) is 3.19. The van der Waals surface area contributed by atoms with Crippen molar-refractivity contribution in [3.05, 3.63) is 22.9 Å². The minimum atomic E-state index is 0.675. The number of rotatable bonds is 5. The third kappa shape index (κ3) is 3.27. The number of hydrogen-bond acceptors (Lipinski definition) is 3. The molecule has 106 valence electrons. The zero-order valence-electron chi connectivity index (χ0n) is 12.8. The Morgan fingerprint density at radius 3 is 2.63 bits per heavy atom. The van der Waals surface area contributed by atoms with Crippen LogP contribution in [-0.4, -0.2) is 24.6 Å². The lowest BCUT2D eigenvalue weighted by Crippen LogP contribution is -2.31. The summed E-state index contributed by atoms with van der Waals surface area (Å²) >= 11 is 0. The minimum absolute atomic E-state index is 0.675. The van der Waals surface area contributed by atoms with Gasteiger partial charge in [0.2, 0.25) is 0 Å². The lowest BCUT2D eigenvalue weighted by atomic mass is 10.1. The summed E-state index contributed by atoms with van der Waals surface area (Å²) in [6.07, 6.45) is 5.35. The predicted molar refractivity (Wildman–Crippen MR) is 81.8 cm³/mol. The molecular weight excluding hydrogens is 234 g/mol. The van der Waals surface area contributed by atoms with E-state index in [-0.39, 0.29) is 0 Å². The highest BCUT2D eigenvalue weighted by Crippen LogP contribution is 2.29. The van der Waals surface area contributed by atoms with Crippen molar-refractivity contribution in [1.29, 1.82) is 0 Å². The number of aromatic nitrogens is 1. The highest BCUT2D eigenvalue weighted by atomic mass is 15.2. The van der Waals surface area contributed by atoms with Crippen LogP contribution in [0.5, 0.6) is 0 Å². The Balaban J connectivity index is 2.30. The number of aryl methyl sites for hydroxylation is 2. The van der Waals surface area contributed by atoms with Gasteiger partial charge in [0.05, 0.1) is 0 Å². The second-order valence-corrected chi connectivity index (χ2v) is 5.71. The first kappa shape index (κ1) is 14.3. The molecular formula is C16H27N3. The van der Waals surface area contributed by atoms with E-state index >= 15 is 0 Å². The van der Waals surface area contributed by atoms with Crippen LogP contribution in [0.4, 0.5) is 5.82 Å². The SMILES string of the molecule is CCNCc1c(C)cc(C)nc1N(C)C1CCCC1. The first-order valence-electron chi connectivity index (χ1n) is 7.54. The molecule has 0 saturated heterocycles. The molecule has 0 atom stereocenters. The molecule has 1 saturated carbocycles. The Kier molecular flexibility index (Phi) is 4.81. The smallest absolute Gasteiger partial charge is 0.133 e. The highest BCUT2D eigenvalue weighted by Gasteiger charge is 2.23. The zero-order valence-corrected chi connectivity index (χ0v) is 12.8. The molecule has 0 bridgehead atoms. The topological polar surface area (TPSA) is 28.2 Å². The third-order valence-corrected chi connectivity index (χ3v) is 4.21. The van der Waals surface area contributed by atoms with Gasteiger partial charge in [0.15, 0.2) is 0 Å². The van der Waals surface area contributed by atoms with Crippen LogP contribution < -0.4 is 10.2 Å². The van der Waals surface area contributed by atoms with Crippen molar-refractivity contribution in [2.24, 2.45) is 0 Å². The van der Waals surface area contributed by atoms with Gasteiger partial charge in [0.25, 0.3) is 0 Å².